The highest BCUT2D eigenvalue weighted by Crippen LogP contribution is 2.27. The zero-order valence-corrected chi connectivity index (χ0v) is 10.9. The molecular formula is C11H17ClN4O. The minimum absolute atomic E-state index is 0.355. The van der Waals surface area contributed by atoms with Gasteiger partial charge in [0.05, 0.1) is 13.3 Å². The zero-order chi connectivity index (χ0) is 12.3. The second-order valence-corrected chi connectivity index (χ2v) is 4.37. The fourth-order valence-electron chi connectivity index (χ4n) is 2.13. The van der Waals surface area contributed by atoms with Crippen LogP contribution < -0.4 is 15.0 Å². The molecule has 6 heteroatoms. The summed E-state index contributed by atoms with van der Waals surface area (Å²) in [6, 6.07) is 0.797. The normalized spacial score (nSPS) is 19.4. The van der Waals surface area contributed by atoms with Crippen molar-refractivity contribution in [3.05, 3.63) is 11.2 Å². The molecule has 1 fully saturated rings. The molecule has 1 aromatic heterocycles. The Morgan fingerprint density at radius 2 is 2.47 bits per heavy atom. The van der Waals surface area contributed by atoms with Gasteiger partial charge in [0.25, 0.3) is 0 Å². The van der Waals surface area contributed by atoms with Crippen LogP contribution in [0.25, 0.3) is 0 Å². The zero-order valence-electron chi connectivity index (χ0n) is 10.1. The molecule has 1 unspecified atom stereocenters. The van der Waals surface area contributed by atoms with Gasteiger partial charge in [-0.05, 0) is 19.9 Å². The summed E-state index contributed by atoms with van der Waals surface area (Å²) in [4.78, 5) is 10.5. The monoisotopic (exact) mass is 256 g/mol. The molecule has 0 amide bonds. The van der Waals surface area contributed by atoms with Crippen LogP contribution in [0.3, 0.4) is 0 Å². The van der Waals surface area contributed by atoms with E-state index in [1.807, 2.05) is 0 Å². The van der Waals surface area contributed by atoms with Crippen LogP contribution in [0.4, 0.5) is 5.82 Å². The van der Waals surface area contributed by atoms with Gasteiger partial charge < -0.3 is 15.0 Å². The third-order valence-corrected chi connectivity index (χ3v) is 3.24. The van der Waals surface area contributed by atoms with Crippen molar-refractivity contribution in [3.8, 4) is 6.01 Å². The van der Waals surface area contributed by atoms with E-state index < -0.39 is 0 Å². The van der Waals surface area contributed by atoms with Crippen LogP contribution in [0.1, 0.15) is 13.3 Å². The highest BCUT2D eigenvalue weighted by Gasteiger charge is 2.24. The molecule has 0 aliphatic carbocycles. The second-order valence-electron chi connectivity index (χ2n) is 3.96. The Morgan fingerprint density at radius 1 is 1.65 bits per heavy atom. The highest BCUT2D eigenvalue weighted by atomic mass is 35.5. The van der Waals surface area contributed by atoms with Crippen LogP contribution >= 0.6 is 11.6 Å². The van der Waals surface area contributed by atoms with E-state index in [1.54, 1.807) is 13.3 Å². The lowest BCUT2D eigenvalue weighted by Crippen LogP contribution is -2.37. The summed E-state index contributed by atoms with van der Waals surface area (Å²) in [5, 5.41) is 3.91. The highest BCUT2D eigenvalue weighted by molar-refractivity contribution is 6.32. The smallest absolute Gasteiger partial charge is 0.318 e. The topological polar surface area (TPSA) is 50.3 Å². The summed E-state index contributed by atoms with van der Waals surface area (Å²) in [7, 11) is 1.56. The number of rotatable bonds is 4. The molecule has 2 rings (SSSR count). The van der Waals surface area contributed by atoms with Crippen molar-refractivity contribution < 1.29 is 4.74 Å². The molecule has 0 spiro atoms. The number of methoxy groups -OCH3 is 1. The fraction of sp³-hybridized carbons (Fsp3) is 0.636. The van der Waals surface area contributed by atoms with Crippen LogP contribution in [0.2, 0.25) is 5.02 Å². The van der Waals surface area contributed by atoms with Crippen LogP contribution in [-0.4, -0.2) is 42.8 Å². The predicted molar refractivity (Wildman–Crippen MR) is 67.9 cm³/mol. The molecule has 17 heavy (non-hydrogen) atoms. The number of hydrogen-bond acceptors (Lipinski definition) is 5. The van der Waals surface area contributed by atoms with Crippen molar-refractivity contribution in [2.45, 2.75) is 19.4 Å². The maximum atomic E-state index is 6.16. The largest absolute Gasteiger partial charge is 0.467 e. The van der Waals surface area contributed by atoms with Gasteiger partial charge in [0.1, 0.15) is 5.02 Å². The van der Waals surface area contributed by atoms with Gasteiger partial charge in [-0.1, -0.05) is 11.6 Å². The van der Waals surface area contributed by atoms with E-state index in [0.717, 1.165) is 31.9 Å². The SMILES string of the molecule is CCN(c1nc(OC)ncc1Cl)C1CCNC1. The molecule has 2 heterocycles. The molecule has 0 bridgehead atoms. The first-order chi connectivity index (χ1) is 8.26. The number of ether oxygens (including phenoxy) is 1. The number of anilines is 1. The summed E-state index contributed by atoms with van der Waals surface area (Å²) in [5.74, 6) is 0.759. The minimum atomic E-state index is 0.355. The summed E-state index contributed by atoms with van der Waals surface area (Å²) >= 11 is 6.16. The van der Waals surface area contributed by atoms with Crippen molar-refractivity contribution in [1.82, 2.24) is 15.3 Å². The molecule has 1 aromatic rings. The molecule has 1 N–H and O–H groups in total. The van der Waals surface area contributed by atoms with E-state index in [-0.39, 0.29) is 0 Å². The molecule has 5 nitrogen and oxygen atoms in total. The van der Waals surface area contributed by atoms with E-state index in [9.17, 15) is 0 Å². The fourth-order valence-corrected chi connectivity index (χ4v) is 2.33. The molecule has 0 saturated carbocycles. The van der Waals surface area contributed by atoms with E-state index in [4.69, 9.17) is 16.3 Å². The Kier molecular flexibility index (Phi) is 4.02. The van der Waals surface area contributed by atoms with Crippen LogP contribution in [0.5, 0.6) is 6.01 Å². The Labute approximate surface area is 106 Å². The quantitative estimate of drug-likeness (QED) is 0.881. The van der Waals surface area contributed by atoms with E-state index >= 15 is 0 Å². The molecule has 1 aliphatic heterocycles. The van der Waals surface area contributed by atoms with Crippen molar-refractivity contribution in [2.75, 3.05) is 31.6 Å². The summed E-state index contributed by atoms with van der Waals surface area (Å²) in [6.45, 7) is 4.98. The van der Waals surface area contributed by atoms with Crippen molar-refractivity contribution in [2.24, 2.45) is 0 Å². The Balaban J connectivity index is 2.28. The average Bonchev–Trinajstić information content (AvgIpc) is 2.86. The first-order valence-electron chi connectivity index (χ1n) is 5.80. The van der Waals surface area contributed by atoms with Gasteiger partial charge >= 0.3 is 6.01 Å². The van der Waals surface area contributed by atoms with Gasteiger partial charge in [-0.15, -0.1) is 0 Å². The maximum Gasteiger partial charge on any atom is 0.318 e. The number of nitrogens with one attached hydrogen (secondary N) is 1. The Hall–Kier alpha value is -1.07. The van der Waals surface area contributed by atoms with Gasteiger partial charge in [-0.2, -0.15) is 4.98 Å². The van der Waals surface area contributed by atoms with Crippen molar-refractivity contribution in [1.29, 1.82) is 0 Å². The van der Waals surface area contributed by atoms with Crippen LogP contribution in [0.15, 0.2) is 6.20 Å². The first kappa shape index (κ1) is 12.4. The van der Waals surface area contributed by atoms with Crippen LogP contribution in [-0.2, 0) is 0 Å². The molecule has 0 aromatic carbocycles. The number of likely N-dealkylation sites (N-methyl/N-ethyl adjacent to an activating group) is 1. The summed E-state index contributed by atoms with van der Waals surface area (Å²) in [5.41, 5.74) is 0. The standard InChI is InChI=1S/C11H17ClN4O/c1-3-16(8-4-5-13-6-8)10-9(12)7-14-11(15-10)17-2/h7-8,13H,3-6H2,1-2H3. The molecule has 1 saturated heterocycles. The third-order valence-electron chi connectivity index (χ3n) is 2.97. The lowest BCUT2D eigenvalue weighted by atomic mass is 10.2. The van der Waals surface area contributed by atoms with E-state index in [1.165, 1.54) is 0 Å². The molecule has 1 atom stereocenters. The van der Waals surface area contributed by atoms with Gasteiger partial charge in [0.2, 0.25) is 0 Å². The van der Waals surface area contributed by atoms with Crippen LogP contribution in [0, 0.1) is 0 Å². The Bertz CT molecular complexity index is 382. The van der Waals surface area contributed by atoms with Gasteiger partial charge in [0, 0.05) is 19.1 Å². The lowest BCUT2D eigenvalue weighted by molar-refractivity contribution is 0.379. The van der Waals surface area contributed by atoms with E-state index in [0.29, 0.717) is 17.1 Å². The van der Waals surface area contributed by atoms with Gasteiger partial charge in [-0.25, -0.2) is 4.98 Å². The predicted octanol–water partition coefficient (Wildman–Crippen LogP) is 1.33. The summed E-state index contributed by atoms with van der Waals surface area (Å²) in [6.07, 6.45) is 2.70. The first-order valence-corrected chi connectivity index (χ1v) is 6.18. The second kappa shape index (κ2) is 5.51. The number of aromatic nitrogens is 2. The molecule has 94 valence electrons. The number of nitrogens with zero attached hydrogens (tertiary/aromatic N) is 3. The van der Waals surface area contributed by atoms with Crippen molar-refractivity contribution >= 4 is 17.4 Å². The van der Waals surface area contributed by atoms with Gasteiger partial charge in [-0.3, -0.25) is 0 Å². The summed E-state index contributed by atoms with van der Waals surface area (Å²) < 4.78 is 5.04. The number of hydrogen-bond donors (Lipinski definition) is 1. The van der Waals surface area contributed by atoms with Gasteiger partial charge in [0.15, 0.2) is 5.82 Å². The molecule has 0 radical (unpaired) electrons. The number of halogens is 1. The molecular weight excluding hydrogens is 240 g/mol. The third kappa shape index (κ3) is 2.61. The molecule has 1 aliphatic rings. The maximum absolute atomic E-state index is 6.16. The van der Waals surface area contributed by atoms with Crippen molar-refractivity contribution in [3.63, 3.8) is 0 Å². The average molecular weight is 257 g/mol. The Morgan fingerprint density at radius 3 is 3.06 bits per heavy atom. The van der Waals surface area contributed by atoms with E-state index in [2.05, 4.69) is 27.1 Å². The lowest BCUT2D eigenvalue weighted by Gasteiger charge is -2.28. The minimum Gasteiger partial charge on any atom is -0.467 e.